The Kier molecular flexibility index (Phi) is 7.92. The monoisotopic (exact) mass is 477 g/mol. The molecule has 0 aromatic heterocycles. The Morgan fingerprint density at radius 3 is 1.94 bits per heavy atom. The molecule has 0 atom stereocenters. The average molecular weight is 477 g/mol. The van der Waals surface area contributed by atoms with Gasteiger partial charge in [0.15, 0.2) is 0 Å². The van der Waals surface area contributed by atoms with Crippen LogP contribution in [0.2, 0.25) is 0 Å². The molecular formula is C17H11F8NO4S. The van der Waals surface area contributed by atoms with E-state index in [2.05, 4.69) is 5.73 Å². The Morgan fingerprint density at radius 1 is 0.935 bits per heavy atom. The molecule has 14 heteroatoms. The van der Waals surface area contributed by atoms with Crippen LogP contribution >= 0.6 is 0 Å². The lowest BCUT2D eigenvalue weighted by Gasteiger charge is -2.14. The minimum absolute atomic E-state index is 0.121. The van der Waals surface area contributed by atoms with Crippen molar-refractivity contribution in [3.63, 3.8) is 0 Å². The number of amides is 1. The van der Waals surface area contributed by atoms with Crippen LogP contribution in [-0.4, -0.2) is 18.9 Å². The SMILES string of the molecule is NC(=O)c1ccc(C(F)(F)F)cc1C(F)(F)F.O=S(=O)(O)/C=C/c1ccc(F)cc1F. The van der Waals surface area contributed by atoms with E-state index in [0.717, 1.165) is 18.2 Å². The Balaban J connectivity index is 0.000000316. The van der Waals surface area contributed by atoms with E-state index in [-0.39, 0.29) is 11.6 Å². The van der Waals surface area contributed by atoms with Crippen molar-refractivity contribution >= 4 is 22.1 Å². The highest BCUT2D eigenvalue weighted by atomic mass is 32.2. The van der Waals surface area contributed by atoms with Crippen molar-refractivity contribution in [3.05, 3.63) is 75.7 Å². The molecule has 0 bridgehead atoms. The maximum atomic E-state index is 12.9. The first kappa shape index (κ1) is 26.0. The second kappa shape index (κ2) is 9.43. The third kappa shape index (κ3) is 8.33. The first-order valence-electron chi connectivity index (χ1n) is 7.60. The van der Waals surface area contributed by atoms with E-state index < -0.39 is 56.7 Å². The first-order chi connectivity index (χ1) is 13.9. The van der Waals surface area contributed by atoms with Crippen LogP contribution in [0.1, 0.15) is 27.0 Å². The summed E-state index contributed by atoms with van der Waals surface area (Å²) in [6.45, 7) is 0. The molecule has 0 fully saturated rings. The standard InChI is InChI=1S/C9H5F6NO.C8H6F2O3S/c10-8(11,12)4-1-2-5(7(16)17)6(3-4)9(13,14)15;9-7-2-1-6(8(10)5-7)3-4-14(11,12)13/h1-3H,(H2,16,17);1-5H,(H,11,12,13)/b;4-3+. The Morgan fingerprint density at radius 2 is 1.52 bits per heavy atom. The summed E-state index contributed by atoms with van der Waals surface area (Å²) in [7, 11) is -4.29. The summed E-state index contributed by atoms with van der Waals surface area (Å²) in [4.78, 5) is 10.7. The van der Waals surface area contributed by atoms with Crippen LogP contribution in [0.3, 0.4) is 0 Å². The van der Waals surface area contributed by atoms with E-state index in [1.54, 1.807) is 0 Å². The minimum atomic E-state index is -5.08. The van der Waals surface area contributed by atoms with E-state index >= 15 is 0 Å². The summed E-state index contributed by atoms with van der Waals surface area (Å²) >= 11 is 0. The molecule has 0 saturated carbocycles. The first-order valence-corrected chi connectivity index (χ1v) is 9.11. The maximum absolute atomic E-state index is 12.9. The minimum Gasteiger partial charge on any atom is -0.366 e. The molecule has 5 nitrogen and oxygen atoms in total. The van der Waals surface area contributed by atoms with Gasteiger partial charge in [-0.15, -0.1) is 0 Å². The van der Waals surface area contributed by atoms with E-state index in [0.29, 0.717) is 23.6 Å². The molecule has 2 aromatic rings. The molecule has 0 unspecified atom stereocenters. The summed E-state index contributed by atoms with van der Waals surface area (Å²) < 4.78 is 128. The van der Waals surface area contributed by atoms with Crippen LogP contribution in [0.5, 0.6) is 0 Å². The van der Waals surface area contributed by atoms with Gasteiger partial charge in [0.1, 0.15) is 11.6 Å². The Bertz CT molecular complexity index is 1090. The lowest BCUT2D eigenvalue weighted by molar-refractivity contribution is -0.143. The van der Waals surface area contributed by atoms with E-state index in [1.165, 1.54) is 0 Å². The molecule has 2 rings (SSSR count). The third-order valence-electron chi connectivity index (χ3n) is 3.30. The van der Waals surface area contributed by atoms with Gasteiger partial charge in [-0.05, 0) is 36.4 Å². The van der Waals surface area contributed by atoms with E-state index in [9.17, 15) is 48.3 Å². The molecule has 3 N–H and O–H groups in total. The van der Waals surface area contributed by atoms with Crippen molar-refractivity contribution in [2.24, 2.45) is 5.73 Å². The highest BCUT2D eigenvalue weighted by Crippen LogP contribution is 2.37. The predicted octanol–water partition coefficient (Wildman–Crippen LogP) is 4.65. The van der Waals surface area contributed by atoms with Crippen LogP contribution in [0.4, 0.5) is 35.1 Å². The maximum Gasteiger partial charge on any atom is 0.417 e. The normalized spacial score (nSPS) is 12.4. The molecule has 0 spiro atoms. The number of hydrogen-bond donors (Lipinski definition) is 2. The molecule has 0 aliphatic rings. The smallest absolute Gasteiger partial charge is 0.366 e. The zero-order chi connectivity index (χ0) is 24.2. The second-order valence-corrected chi connectivity index (χ2v) is 6.91. The molecule has 31 heavy (non-hydrogen) atoms. The second-order valence-electron chi connectivity index (χ2n) is 5.60. The summed E-state index contributed by atoms with van der Waals surface area (Å²) in [6, 6.07) is 3.30. The van der Waals surface area contributed by atoms with Gasteiger partial charge in [0, 0.05) is 11.6 Å². The van der Waals surface area contributed by atoms with Crippen molar-refractivity contribution in [1.29, 1.82) is 0 Å². The summed E-state index contributed by atoms with van der Waals surface area (Å²) in [5, 5.41) is 0.420. The van der Waals surface area contributed by atoms with Crippen LogP contribution in [-0.2, 0) is 22.5 Å². The zero-order valence-electron chi connectivity index (χ0n) is 14.8. The fourth-order valence-corrected chi connectivity index (χ4v) is 2.28. The van der Waals surface area contributed by atoms with Crippen molar-refractivity contribution in [1.82, 2.24) is 0 Å². The third-order valence-corrected chi connectivity index (χ3v) is 3.78. The Labute approximate surface area is 169 Å². The summed E-state index contributed by atoms with van der Waals surface area (Å²) in [5.74, 6) is -3.09. The molecule has 1 amide bonds. The zero-order valence-corrected chi connectivity index (χ0v) is 15.6. The van der Waals surface area contributed by atoms with Gasteiger partial charge >= 0.3 is 12.4 Å². The molecule has 0 heterocycles. The number of hydrogen-bond acceptors (Lipinski definition) is 3. The van der Waals surface area contributed by atoms with E-state index in [1.807, 2.05) is 0 Å². The molecule has 0 aliphatic heterocycles. The van der Waals surface area contributed by atoms with Crippen LogP contribution in [0.25, 0.3) is 6.08 Å². The number of rotatable bonds is 3. The fraction of sp³-hybridized carbons (Fsp3) is 0.118. The van der Waals surface area contributed by atoms with E-state index in [4.69, 9.17) is 4.55 Å². The number of primary amides is 1. The number of carbonyl (C=O) groups excluding carboxylic acids is 1. The predicted molar refractivity (Wildman–Crippen MR) is 91.9 cm³/mol. The van der Waals surface area contributed by atoms with Crippen molar-refractivity contribution in [2.45, 2.75) is 12.4 Å². The fourth-order valence-electron chi connectivity index (χ4n) is 1.97. The highest BCUT2D eigenvalue weighted by Gasteiger charge is 2.39. The molecular weight excluding hydrogens is 466 g/mol. The molecule has 0 radical (unpaired) electrons. The molecule has 170 valence electrons. The van der Waals surface area contributed by atoms with Gasteiger partial charge in [-0.3, -0.25) is 9.35 Å². The largest absolute Gasteiger partial charge is 0.417 e. The van der Waals surface area contributed by atoms with Gasteiger partial charge in [0.25, 0.3) is 10.1 Å². The summed E-state index contributed by atoms with van der Waals surface area (Å²) in [5.41, 5.74) is 0.349. The lowest BCUT2D eigenvalue weighted by atomic mass is 10.0. The number of nitrogens with two attached hydrogens (primary N) is 1. The Hall–Kier alpha value is -3.00. The van der Waals surface area contributed by atoms with Crippen molar-refractivity contribution in [2.75, 3.05) is 0 Å². The molecule has 0 aliphatic carbocycles. The number of carbonyl (C=O) groups is 1. The molecule has 2 aromatic carbocycles. The number of halogens is 8. The summed E-state index contributed by atoms with van der Waals surface area (Å²) in [6.07, 6.45) is -9.16. The van der Waals surface area contributed by atoms with Gasteiger partial charge in [-0.2, -0.15) is 34.8 Å². The number of alkyl halides is 6. The van der Waals surface area contributed by atoms with Crippen LogP contribution in [0.15, 0.2) is 41.8 Å². The van der Waals surface area contributed by atoms with Gasteiger partial charge in [0.05, 0.1) is 22.1 Å². The topological polar surface area (TPSA) is 97.5 Å². The van der Waals surface area contributed by atoms with Gasteiger partial charge in [0.2, 0.25) is 5.91 Å². The number of benzene rings is 2. The van der Waals surface area contributed by atoms with Crippen LogP contribution < -0.4 is 5.73 Å². The van der Waals surface area contributed by atoms with Gasteiger partial charge < -0.3 is 5.73 Å². The van der Waals surface area contributed by atoms with Crippen molar-refractivity contribution < 1.29 is 52.9 Å². The highest BCUT2D eigenvalue weighted by molar-refractivity contribution is 7.88. The molecule has 0 saturated heterocycles. The lowest BCUT2D eigenvalue weighted by Crippen LogP contribution is -2.20. The van der Waals surface area contributed by atoms with Gasteiger partial charge in [-0.25, -0.2) is 8.78 Å². The van der Waals surface area contributed by atoms with Crippen LogP contribution in [0, 0.1) is 11.6 Å². The van der Waals surface area contributed by atoms with Gasteiger partial charge in [-0.1, -0.05) is 0 Å². The van der Waals surface area contributed by atoms with Crippen molar-refractivity contribution in [3.8, 4) is 0 Å². The average Bonchev–Trinajstić information content (AvgIpc) is 2.58. The quantitative estimate of drug-likeness (QED) is 0.497.